The van der Waals surface area contributed by atoms with Crippen LogP contribution in [0.2, 0.25) is 0 Å². The number of hydrazine groups is 1. The maximum Gasteiger partial charge on any atom is 0.329 e. The minimum absolute atomic E-state index is 0.316. The van der Waals surface area contributed by atoms with Crippen molar-refractivity contribution in [3.05, 3.63) is 0 Å². The average molecular weight is 101 g/mol. The van der Waals surface area contributed by atoms with Gasteiger partial charge in [0.25, 0.3) is 0 Å². The molecule has 4 nitrogen and oxygen atoms in total. The molecule has 0 spiro atoms. The summed E-state index contributed by atoms with van der Waals surface area (Å²) >= 11 is 0. The Bertz CT molecular complexity index is 81.0. The molecular formula is C3H5N2O2. The fourth-order valence-corrected chi connectivity index (χ4v) is 0.114. The van der Waals surface area contributed by atoms with Crippen molar-refractivity contribution >= 4 is 12.3 Å². The van der Waals surface area contributed by atoms with Gasteiger partial charge >= 0.3 is 6.41 Å². The summed E-state index contributed by atoms with van der Waals surface area (Å²) < 4.78 is 0. The van der Waals surface area contributed by atoms with Gasteiger partial charge in [-0.15, -0.1) is 0 Å². The summed E-state index contributed by atoms with van der Waals surface area (Å²) in [7, 11) is 0. The van der Waals surface area contributed by atoms with Crippen molar-refractivity contribution < 1.29 is 9.59 Å². The molecule has 0 saturated heterocycles. The van der Waals surface area contributed by atoms with Crippen molar-refractivity contribution in [2.75, 3.05) is 0 Å². The van der Waals surface area contributed by atoms with Gasteiger partial charge in [-0.25, -0.2) is 0 Å². The van der Waals surface area contributed by atoms with E-state index in [9.17, 15) is 9.59 Å². The van der Waals surface area contributed by atoms with Gasteiger partial charge < -0.3 is 0 Å². The fourth-order valence-electron chi connectivity index (χ4n) is 0.114. The summed E-state index contributed by atoms with van der Waals surface area (Å²) in [4.78, 5) is 19.1. The molecule has 2 amide bonds. The molecule has 0 aliphatic heterocycles. The summed E-state index contributed by atoms with van der Waals surface area (Å²) in [5.41, 5.74) is 3.83. The lowest BCUT2D eigenvalue weighted by Crippen LogP contribution is -2.34. The van der Waals surface area contributed by atoms with Gasteiger partial charge in [0, 0.05) is 6.92 Å². The highest BCUT2D eigenvalue weighted by atomic mass is 16.2. The van der Waals surface area contributed by atoms with Crippen LogP contribution >= 0.6 is 0 Å². The zero-order chi connectivity index (χ0) is 5.70. The number of hydrogen-bond acceptors (Lipinski definition) is 2. The van der Waals surface area contributed by atoms with E-state index < -0.39 is 0 Å². The van der Waals surface area contributed by atoms with Gasteiger partial charge in [0.05, 0.1) is 0 Å². The highest BCUT2D eigenvalue weighted by molar-refractivity contribution is 5.73. The SMILES string of the molecule is CC(=O)NN[C]=O. The van der Waals surface area contributed by atoms with Gasteiger partial charge in [-0.2, -0.15) is 0 Å². The molecule has 2 N–H and O–H groups in total. The summed E-state index contributed by atoms with van der Waals surface area (Å²) in [6.45, 7) is 1.28. The number of hydrogen-bond donors (Lipinski definition) is 2. The van der Waals surface area contributed by atoms with E-state index in [1.807, 2.05) is 10.9 Å². The topological polar surface area (TPSA) is 58.2 Å². The lowest BCUT2D eigenvalue weighted by Gasteiger charge is -1.91. The molecule has 0 rings (SSSR count). The van der Waals surface area contributed by atoms with E-state index in [2.05, 4.69) is 0 Å². The Balaban J connectivity index is 2.97. The van der Waals surface area contributed by atoms with Gasteiger partial charge in [-0.1, -0.05) is 0 Å². The van der Waals surface area contributed by atoms with Crippen LogP contribution in [0.1, 0.15) is 6.92 Å². The summed E-state index contributed by atoms with van der Waals surface area (Å²) in [5.74, 6) is -0.316. The van der Waals surface area contributed by atoms with E-state index in [1.165, 1.54) is 13.3 Å². The Kier molecular flexibility index (Phi) is 2.67. The van der Waals surface area contributed by atoms with Crippen molar-refractivity contribution in [3.63, 3.8) is 0 Å². The van der Waals surface area contributed by atoms with Crippen LogP contribution < -0.4 is 10.9 Å². The lowest BCUT2D eigenvalue weighted by atomic mass is 10.8. The Morgan fingerprint density at radius 2 is 2.29 bits per heavy atom. The van der Waals surface area contributed by atoms with E-state index in [0.29, 0.717) is 0 Å². The van der Waals surface area contributed by atoms with Crippen molar-refractivity contribution in [2.45, 2.75) is 6.92 Å². The first kappa shape index (κ1) is 5.94. The molecule has 0 unspecified atom stereocenters. The molecule has 0 bridgehead atoms. The molecular weight excluding hydrogens is 96.0 g/mol. The number of nitrogens with one attached hydrogen (secondary N) is 2. The molecule has 0 aromatic rings. The second kappa shape index (κ2) is 3.14. The van der Waals surface area contributed by atoms with Gasteiger partial charge in [-0.3, -0.25) is 20.4 Å². The smallest absolute Gasteiger partial charge is 0.274 e. The van der Waals surface area contributed by atoms with Gasteiger partial charge in [0.1, 0.15) is 0 Å². The predicted octanol–water partition coefficient (Wildman–Crippen LogP) is -1.31. The summed E-state index contributed by atoms with van der Waals surface area (Å²) in [6.07, 6.45) is 1.27. The molecule has 7 heavy (non-hydrogen) atoms. The number of carbonyl (C=O) groups is 1. The molecule has 4 heteroatoms. The van der Waals surface area contributed by atoms with Crippen LogP contribution in [0.3, 0.4) is 0 Å². The summed E-state index contributed by atoms with van der Waals surface area (Å²) in [6, 6.07) is 0. The van der Waals surface area contributed by atoms with Crippen molar-refractivity contribution in [3.8, 4) is 0 Å². The Hall–Kier alpha value is -1.06. The molecule has 0 aliphatic rings. The monoisotopic (exact) mass is 101 g/mol. The Morgan fingerprint density at radius 1 is 1.71 bits per heavy atom. The molecule has 0 saturated carbocycles. The van der Waals surface area contributed by atoms with Crippen LogP contribution in [0.4, 0.5) is 0 Å². The van der Waals surface area contributed by atoms with Gasteiger partial charge in [0.15, 0.2) is 0 Å². The van der Waals surface area contributed by atoms with Gasteiger partial charge in [0.2, 0.25) is 5.91 Å². The maximum absolute atomic E-state index is 9.85. The maximum atomic E-state index is 9.85. The second-order valence-corrected chi connectivity index (χ2v) is 0.908. The van der Waals surface area contributed by atoms with Crippen molar-refractivity contribution in [1.29, 1.82) is 0 Å². The minimum Gasteiger partial charge on any atom is -0.274 e. The highest BCUT2D eigenvalue weighted by Gasteiger charge is 1.81. The molecule has 39 valence electrons. The van der Waals surface area contributed by atoms with Crippen LogP contribution in [0.5, 0.6) is 0 Å². The van der Waals surface area contributed by atoms with Crippen LogP contribution in [0.25, 0.3) is 0 Å². The molecule has 0 aromatic carbocycles. The number of rotatable bonds is 2. The highest BCUT2D eigenvalue weighted by Crippen LogP contribution is 1.46. The van der Waals surface area contributed by atoms with E-state index in [1.54, 1.807) is 0 Å². The molecule has 1 radical (unpaired) electrons. The molecule has 0 atom stereocenters. The zero-order valence-electron chi connectivity index (χ0n) is 3.82. The average Bonchev–Trinajstić information content (AvgIpc) is 1.61. The quantitative estimate of drug-likeness (QED) is 0.335. The number of amides is 2. The lowest BCUT2D eigenvalue weighted by molar-refractivity contribution is -0.119. The van der Waals surface area contributed by atoms with Gasteiger partial charge in [-0.05, 0) is 0 Å². The first-order valence-corrected chi connectivity index (χ1v) is 1.66. The first-order chi connectivity index (χ1) is 3.27. The zero-order valence-corrected chi connectivity index (χ0v) is 3.82. The molecule has 0 aliphatic carbocycles. The molecule has 0 heterocycles. The summed E-state index contributed by atoms with van der Waals surface area (Å²) in [5, 5.41) is 0. The third kappa shape index (κ3) is 4.94. The third-order valence-corrected chi connectivity index (χ3v) is 0.290. The molecule has 0 aromatic heterocycles. The van der Waals surface area contributed by atoms with E-state index in [0.717, 1.165) is 0 Å². The van der Waals surface area contributed by atoms with E-state index in [4.69, 9.17) is 0 Å². The van der Waals surface area contributed by atoms with Crippen molar-refractivity contribution in [2.24, 2.45) is 0 Å². The third-order valence-electron chi connectivity index (χ3n) is 0.290. The fraction of sp³-hybridized carbons (Fsp3) is 0.333. The Morgan fingerprint density at radius 3 is 2.43 bits per heavy atom. The van der Waals surface area contributed by atoms with Crippen LogP contribution in [-0.2, 0) is 9.59 Å². The van der Waals surface area contributed by atoms with Crippen molar-refractivity contribution in [1.82, 2.24) is 10.9 Å². The first-order valence-electron chi connectivity index (χ1n) is 1.66. The van der Waals surface area contributed by atoms with Crippen LogP contribution in [0, 0.1) is 0 Å². The minimum atomic E-state index is -0.316. The van der Waals surface area contributed by atoms with E-state index >= 15 is 0 Å². The van der Waals surface area contributed by atoms with Crippen LogP contribution in [-0.4, -0.2) is 12.3 Å². The largest absolute Gasteiger partial charge is 0.329 e. The second-order valence-electron chi connectivity index (χ2n) is 0.908. The Labute approximate surface area is 40.9 Å². The molecule has 0 fully saturated rings. The standard InChI is InChI=1S/C3H5N2O2/c1-3(7)5-4-2-6/h1H3,(H,4,6)(H,5,7). The predicted molar refractivity (Wildman–Crippen MR) is 22.6 cm³/mol. The van der Waals surface area contributed by atoms with Crippen LogP contribution in [0.15, 0.2) is 0 Å². The normalized spacial score (nSPS) is 7.00. The number of carbonyl (C=O) groups excluding carboxylic acids is 2. The van der Waals surface area contributed by atoms with E-state index in [-0.39, 0.29) is 5.91 Å².